The molecule has 106 valence electrons. The Hall–Kier alpha value is -0.510. The van der Waals surface area contributed by atoms with Crippen molar-refractivity contribution in [1.29, 1.82) is 0 Å². The number of nitrogens with zero attached hydrogens (tertiary/aromatic N) is 1. The van der Waals surface area contributed by atoms with Crippen LogP contribution < -0.4 is 0 Å². The molecule has 1 atom stereocenters. The summed E-state index contributed by atoms with van der Waals surface area (Å²) in [6, 6.07) is 8.49. The van der Waals surface area contributed by atoms with E-state index in [-0.39, 0.29) is 6.10 Å². The number of rotatable bonds is 6. The zero-order valence-electron chi connectivity index (χ0n) is 12.0. The number of hydrogen-bond donors (Lipinski definition) is 1. The molecule has 0 bridgehead atoms. The van der Waals surface area contributed by atoms with Crippen molar-refractivity contribution in [2.45, 2.75) is 48.4 Å². The third-order valence-corrected chi connectivity index (χ3v) is 5.07. The van der Waals surface area contributed by atoms with E-state index < -0.39 is 0 Å². The molecule has 0 amide bonds. The molecule has 2 rings (SSSR count). The molecule has 3 heteroatoms. The van der Waals surface area contributed by atoms with Crippen LogP contribution in [0.25, 0.3) is 0 Å². The lowest BCUT2D eigenvalue weighted by Crippen LogP contribution is -2.15. The Morgan fingerprint density at radius 1 is 1.21 bits per heavy atom. The van der Waals surface area contributed by atoms with Gasteiger partial charge in [0.2, 0.25) is 0 Å². The van der Waals surface area contributed by atoms with Gasteiger partial charge < -0.3 is 10.0 Å². The van der Waals surface area contributed by atoms with Gasteiger partial charge in [0.15, 0.2) is 0 Å². The zero-order chi connectivity index (χ0) is 13.7. The third-order valence-electron chi connectivity index (χ3n) is 3.72. The maximum atomic E-state index is 10.1. The topological polar surface area (TPSA) is 23.5 Å². The Balaban J connectivity index is 1.86. The van der Waals surface area contributed by atoms with Gasteiger partial charge >= 0.3 is 0 Å². The fraction of sp³-hybridized carbons (Fsp3) is 0.625. The van der Waals surface area contributed by atoms with Gasteiger partial charge in [0.05, 0.1) is 6.10 Å². The highest BCUT2D eigenvalue weighted by molar-refractivity contribution is 8.00. The molecule has 1 aromatic carbocycles. The number of aliphatic hydroxyl groups excluding tert-OH is 1. The Morgan fingerprint density at radius 2 is 1.84 bits per heavy atom. The van der Waals surface area contributed by atoms with E-state index >= 15 is 0 Å². The van der Waals surface area contributed by atoms with E-state index in [9.17, 15) is 5.11 Å². The largest absolute Gasteiger partial charge is 0.388 e. The van der Waals surface area contributed by atoms with Crippen LogP contribution in [0.4, 0.5) is 0 Å². The van der Waals surface area contributed by atoms with Gasteiger partial charge in [-0.15, -0.1) is 11.8 Å². The maximum absolute atomic E-state index is 10.1. The fourth-order valence-electron chi connectivity index (χ4n) is 2.51. The van der Waals surface area contributed by atoms with Crippen molar-refractivity contribution in [2.75, 3.05) is 20.6 Å². The van der Waals surface area contributed by atoms with Crippen molar-refractivity contribution in [2.24, 2.45) is 0 Å². The number of hydrogen-bond acceptors (Lipinski definition) is 3. The van der Waals surface area contributed by atoms with Crippen LogP contribution in [0.15, 0.2) is 29.2 Å². The van der Waals surface area contributed by atoms with Crippen molar-refractivity contribution < 1.29 is 5.11 Å². The lowest BCUT2D eigenvalue weighted by atomic mass is 10.1. The molecule has 1 saturated carbocycles. The molecule has 1 aromatic rings. The van der Waals surface area contributed by atoms with Gasteiger partial charge in [0.25, 0.3) is 0 Å². The molecule has 0 heterocycles. The van der Waals surface area contributed by atoms with E-state index in [1.54, 1.807) is 0 Å². The average molecular weight is 279 g/mol. The van der Waals surface area contributed by atoms with Crippen LogP contribution in [0.1, 0.15) is 43.8 Å². The zero-order valence-corrected chi connectivity index (χ0v) is 12.8. The summed E-state index contributed by atoms with van der Waals surface area (Å²) in [4.78, 5) is 3.45. The van der Waals surface area contributed by atoms with Gasteiger partial charge in [-0.05, 0) is 51.1 Å². The van der Waals surface area contributed by atoms with Crippen LogP contribution >= 0.6 is 11.8 Å². The van der Waals surface area contributed by atoms with E-state index in [1.807, 2.05) is 25.9 Å². The first-order valence-corrected chi connectivity index (χ1v) is 8.12. The number of benzene rings is 1. The monoisotopic (exact) mass is 279 g/mol. The Kier molecular flexibility index (Phi) is 5.74. The first-order valence-electron chi connectivity index (χ1n) is 7.24. The Labute approximate surface area is 121 Å². The maximum Gasteiger partial charge on any atom is 0.0802 e. The molecule has 1 aliphatic carbocycles. The second-order valence-electron chi connectivity index (χ2n) is 5.70. The van der Waals surface area contributed by atoms with E-state index in [0.29, 0.717) is 0 Å². The molecule has 19 heavy (non-hydrogen) atoms. The molecule has 1 N–H and O–H groups in total. The minimum Gasteiger partial charge on any atom is -0.388 e. The SMILES string of the molecule is CN(C)CCC(O)c1ccc(SC2CCCC2)cc1. The Bertz CT molecular complexity index is 371. The fourth-order valence-corrected chi connectivity index (χ4v) is 3.76. The standard InChI is InChI=1S/C16H25NOS/c1-17(2)12-11-16(18)13-7-9-15(10-8-13)19-14-5-3-4-6-14/h7-10,14,16,18H,3-6,11-12H2,1-2H3. The number of thioether (sulfide) groups is 1. The molecule has 2 nitrogen and oxygen atoms in total. The molecule has 0 radical (unpaired) electrons. The number of aliphatic hydroxyl groups is 1. The van der Waals surface area contributed by atoms with E-state index in [1.165, 1.54) is 30.6 Å². The molecule has 1 aliphatic rings. The van der Waals surface area contributed by atoms with Crippen molar-refractivity contribution >= 4 is 11.8 Å². The highest BCUT2D eigenvalue weighted by Crippen LogP contribution is 2.35. The van der Waals surface area contributed by atoms with Crippen LogP contribution in [0, 0.1) is 0 Å². The molecular formula is C16H25NOS. The van der Waals surface area contributed by atoms with Crippen LogP contribution in [-0.2, 0) is 0 Å². The smallest absolute Gasteiger partial charge is 0.0802 e. The predicted molar refractivity (Wildman–Crippen MR) is 82.7 cm³/mol. The summed E-state index contributed by atoms with van der Waals surface area (Å²) in [6.45, 7) is 0.916. The first-order chi connectivity index (χ1) is 9.15. The van der Waals surface area contributed by atoms with Crippen molar-refractivity contribution in [3.63, 3.8) is 0 Å². The predicted octanol–water partition coefficient (Wildman–Crippen LogP) is 3.71. The third kappa shape index (κ3) is 4.83. The van der Waals surface area contributed by atoms with Gasteiger partial charge in [0, 0.05) is 16.7 Å². The molecule has 0 saturated heterocycles. The van der Waals surface area contributed by atoms with Gasteiger partial charge in [-0.2, -0.15) is 0 Å². The van der Waals surface area contributed by atoms with E-state index in [2.05, 4.69) is 29.2 Å². The second kappa shape index (κ2) is 7.32. The molecule has 0 aliphatic heterocycles. The van der Waals surface area contributed by atoms with Gasteiger partial charge in [0.1, 0.15) is 0 Å². The van der Waals surface area contributed by atoms with Gasteiger partial charge in [-0.25, -0.2) is 0 Å². The highest BCUT2D eigenvalue weighted by atomic mass is 32.2. The molecular weight excluding hydrogens is 254 g/mol. The first kappa shape index (κ1) is 14.9. The quantitative estimate of drug-likeness (QED) is 0.859. The molecule has 1 unspecified atom stereocenters. The minimum atomic E-state index is -0.340. The summed E-state index contributed by atoms with van der Waals surface area (Å²) >= 11 is 2.00. The minimum absolute atomic E-state index is 0.340. The highest BCUT2D eigenvalue weighted by Gasteiger charge is 2.16. The lowest BCUT2D eigenvalue weighted by molar-refractivity contribution is 0.154. The van der Waals surface area contributed by atoms with Crippen LogP contribution in [0.3, 0.4) is 0 Å². The second-order valence-corrected chi connectivity index (χ2v) is 7.07. The summed E-state index contributed by atoms with van der Waals surface area (Å²) in [7, 11) is 4.07. The van der Waals surface area contributed by atoms with Gasteiger partial charge in [-0.1, -0.05) is 25.0 Å². The summed E-state index contributed by atoms with van der Waals surface area (Å²) in [5.41, 5.74) is 1.04. The van der Waals surface area contributed by atoms with Crippen molar-refractivity contribution in [1.82, 2.24) is 4.90 Å². The summed E-state index contributed by atoms with van der Waals surface area (Å²) in [6.07, 6.45) is 5.95. The summed E-state index contributed by atoms with van der Waals surface area (Å²) < 4.78 is 0. The van der Waals surface area contributed by atoms with Gasteiger partial charge in [-0.3, -0.25) is 0 Å². The summed E-state index contributed by atoms with van der Waals surface area (Å²) in [5, 5.41) is 10.9. The summed E-state index contributed by atoms with van der Waals surface area (Å²) in [5.74, 6) is 0. The van der Waals surface area contributed by atoms with E-state index in [4.69, 9.17) is 0 Å². The molecule has 0 aromatic heterocycles. The average Bonchev–Trinajstić information content (AvgIpc) is 2.89. The van der Waals surface area contributed by atoms with Crippen LogP contribution in [0.2, 0.25) is 0 Å². The van der Waals surface area contributed by atoms with Crippen molar-refractivity contribution in [3.8, 4) is 0 Å². The van der Waals surface area contributed by atoms with E-state index in [0.717, 1.165) is 23.8 Å². The van der Waals surface area contributed by atoms with Crippen LogP contribution in [0.5, 0.6) is 0 Å². The normalized spacial score (nSPS) is 18.1. The van der Waals surface area contributed by atoms with Crippen molar-refractivity contribution in [3.05, 3.63) is 29.8 Å². The lowest BCUT2D eigenvalue weighted by Gasteiger charge is -2.15. The molecule has 0 spiro atoms. The van der Waals surface area contributed by atoms with Crippen LogP contribution in [-0.4, -0.2) is 35.9 Å². The molecule has 1 fully saturated rings. The Morgan fingerprint density at radius 3 is 2.42 bits per heavy atom.